The second kappa shape index (κ2) is 9.92. The number of nitrogens with zero attached hydrogens (tertiary/aromatic N) is 4. The van der Waals surface area contributed by atoms with Crippen LogP contribution in [0.3, 0.4) is 0 Å². The Morgan fingerprint density at radius 3 is 2.65 bits per heavy atom. The first kappa shape index (κ1) is 23.9. The van der Waals surface area contributed by atoms with Gasteiger partial charge in [0.25, 0.3) is 5.56 Å². The van der Waals surface area contributed by atoms with Gasteiger partial charge in [0, 0.05) is 25.3 Å². The molecule has 2 amide bonds. The summed E-state index contributed by atoms with van der Waals surface area (Å²) < 4.78 is 1.72. The van der Waals surface area contributed by atoms with Gasteiger partial charge < -0.3 is 15.5 Å². The van der Waals surface area contributed by atoms with Crippen molar-refractivity contribution in [3.05, 3.63) is 45.5 Å². The average molecular weight is 483 g/mol. The van der Waals surface area contributed by atoms with E-state index < -0.39 is 0 Å². The van der Waals surface area contributed by atoms with Gasteiger partial charge in [0.1, 0.15) is 17.6 Å². The Balaban J connectivity index is 1.52. The van der Waals surface area contributed by atoms with Gasteiger partial charge in [-0.05, 0) is 51.7 Å². The number of fused-ring (bicyclic) bond motifs is 1. The molecule has 4 rings (SSSR count). The second-order valence-electron chi connectivity index (χ2n) is 8.83. The molecule has 0 unspecified atom stereocenters. The van der Waals surface area contributed by atoms with Crippen molar-refractivity contribution in [3.63, 3.8) is 0 Å². The lowest BCUT2D eigenvalue weighted by atomic mass is 9.97. The van der Waals surface area contributed by atoms with Crippen LogP contribution in [0.2, 0.25) is 0 Å². The average Bonchev–Trinajstić information content (AvgIpc) is 3.24. The molecule has 0 bridgehead atoms. The van der Waals surface area contributed by atoms with Gasteiger partial charge in [-0.3, -0.25) is 19.0 Å². The molecule has 1 aliphatic rings. The number of aryl methyl sites for hydroxylation is 3. The van der Waals surface area contributed by atoms with Crippen LogP contribution in [0.15, 0.2) is 23.3 Å². The minimum atomic E-state index is -0.293. The quantitative estimate of drug-likeness (QED) is 0.559. The maximum Gasteiger partial charge on any atom is 0.273 e. The third-order valence-corrected chi connectivity index (χ3v) is 7.13. The molecule has 180 valence electrons. The van der Waals surface area contributed by atoms with E-state index in [0.717, 1.165) is 41.8 Å². The highest BCUT2D eigenvalue weighted by atomic mass is 32.1. The molecule has 3 aromatic rings. The minimum Gasteiger partial charge on any atom is -0.356 e. The van der Waals surface area contributed by atoms with Crippen LogP contribution in [0.25, 0.3) is 10.3 Å². The number of hydrogen-bond acceptors (Lipinski definition) is 7. The van der Waals surface area contributed by atoms with E-state index >= 15 is 0 Å². The Kier molecular flexibility index (Phi) is 6.97. The predicted molar refractivity (Wildman–Crippen MR) is 135 cm³/mol. The first-order chi connectivity index (χ1) is 16.3. The van der Waals surface area contributed by atoms with Crippen molar-refractivity contribution in [3.8, 4) is 0 Å². The Morgan fingerprint density at radius 1 is 1.21 bits per heavy atom. The fourth-order valence-electron chi connectivity index (χ4n) is 4.48. The zero-order valence-corrected chi connectivity index (χ0v) is 20.8. The van der Waals surface area contributed by atoms with Crippen LogP contribution < -0.4 is 21.1 Å². The fourth-order valence-corrected chi connectivity index (χ4v) is 5.48. The smallest absolute Gasteiger partial charge is 0.273 e. The van der Waals surface area contributed by atoms with Crippen LogP contribution in [-0.4, -0.2) is 46.0 Å². The molecule has 0 radical (unpaired) electrons. The van der Waals surface area contributed by atoms with Crippen molar-refractivity contribution >= 4 is 44.3 Å². The van der Waals surface area contributed by atoms with Crippen molar-refractivity contribution in [1.82, 2.24) is 19.9 Å². The highest BCUT2D eigenvalue weighted by Crippen LogP contribution is 2.29. The van der Waals surface area contributed by atoms with Crippen LogP contribution in [0, 0.1) is 26.7 Å². The lowest BCUT2D eigenvalue weighted by Crippen LogP contribution is -2.43. The van der Waals surface area contributed by atoms with E-state index in [1.54, 1.807) is 0 Å². The van der Waals surface area contributed by atoms with E-state index in [4.69, 9.17) is 0 Å². The Bertz CT molecular complexity index is 1270. The van der Waals surface area contributed by atoms with E-state index in [1.165, 1.54) is 22.2 Å². The summed E-state index contributed by atoms with van der Waals surface area (Å²) >= 11 is 1.26. The van der Waals surface area contributed by atoms with Crippen molar-refractivity contribution in [2.75, 3.05) is 29.9 Å². The lowest BCUT2D eigenvalue weighted by molar-refractivity contribution is -0.125. The normalized spacial score (nSPS) is 16.0. The summed E-state index contributed by atoms with van der Waals surface area (Å²) in [5.74, 6) is -0.328. The maximum absolute atomic E-state index is 13.1. The molecule has 34 heavy (non-hydrogen) atoms. The first-order valence-electron chi connectivity index (χ1n) is 11.5. The maximum atomic E-state index is 13.1. The number of carbonyl (C=O) groups is 2. The zero-order valence-electron chi connectivity index (χ0n) is 20.0. The number of benzene rings is 1. The number of anilines is 2. The van der Waals surface area contributed by atoms with Crippen molar-refractivity contribution < 1.29 is 9.59 Å². The first-order valence-corrected chi connectivity index (χ1v) is 12.3. The van der Waals surface area contributed by atoms with Gasteiger partial charge >= 0.3 is 0 Å². The van der Waals surface area contributed by atoms with Crippen LogP contribution >= 0.6 is 11.3 Å². The molecule has 1 fully saturated rings. The molecule has 0 aliphatic carbocycles. The molecule has 1 aliphatic heterocycles. The molecule has 0 saturated carbocycles. The number of carbonyl (C=O) groups excluding carboxylic acids is 2. The molecule has 2 aromatic heterocycles. The Labute approximate surface area is 202 Å². The number of amides is 2. The van der Waals surface area contributed by atoms with Gasteiger partial charge in [0.15, 0.2) is 10.8 Å². The SMILES string of the molecule is CCNC(=O)[C@@H]1CCCN(c2nc3ncn(CC(=O)Nc4c(C)cc(C)cc4C)c(=O)c3s2)C1. The van der Waals surface area contributed by atoms with Crippen LogP contribution in [0.5, 0.6) is 0 Å². The predicted octanol–water partition coefficient (Wildman–Crippen LogP) is 2.77. The molecule has 2 N–H and O–H groups in total. The summed E-state index contributed by atoms with van der Waals surface area (Å²) in [4.78, 5) is 49.0. The van der Waals surface area contributed by atoms with E-state index in [9.17, 15) is 14.4 Å². The number of rotatable bonds is 6. The monoisotopic (exact) mass is 482 g/mol. The third-order valence-electron chi connectivity index (χ3n) is 6.04. The topological polar surface area (TPSA) is 109 Å². The molecular formula is C24H30N6O3S. The summed E-state index contributed by atoms with van der Waals surface area (Å²) in [5.41, 5.74) is 3.93. The van der Waals surface area contributed by atoms with E-state index in [1.807, 2.05) is 39.8 Å². The number of piperidine rings is 1. The summed E-state index contributed by atoms with van der Waals surface area (Å²) in [6.07, 6.45) is 3.09. The van der Waals surface area contributed by atoms with Gasteiger partial charge in [0.05, 0.1) is 5.92 Å². The van der Waals surface area contributed by atoms with Gasteiger partial charge in [0.2, 0.25) is 11.8 Å². The molecule has 1 saturated heterocycles. The second-order valence-corrected chi connectivity index (χ2v) is 9.81. The van der Waals surface area contributed by atoms with Crippen LogP contribution in [0.1, 0.15) is 36.5 Å². The molecular weight excluding hydrogens is 452 g/mol. The summed E-state index contributed by atoms with van der Waals surface area (Å²) in [7, 11) is 0. The molecule has 0 spiro atoms. The van der Waals surface area contributed by atoms with Crippen LogP contribution in [-0.2, 0) is 16.1 Å². The number of aromatic nitrogens is 3. The Hall–Kier alpha value is -3.27. The summed E-state index contributed by atoms with van der Waals surface area (Å²) in [6.45, 7) is 9.64. The molecule has 1 atom stereocenters. The number of hydrogen-bond donors (Lipinski definition) is 2. The van der Waals surface area contributed by atoms with E-state index in [0.29, 0.717) is 28.6 Å². The lowest BCUT2D eigenvalue weighted by Gasteiger charge is -2.31. The molecule has 3 heterocycles. The van der Waals surface area contributed by atoms with Gasteiger partial charge in [-0.25, -0.2) is 4.98 Å². The van der Waals surface area contributed by atoms with Crippen molar-refractivity contribution in [1.29, 1.82) is 0 Å². The van der Waals surface area contributed by atoms with Crippen molar-refractivity contribution in [2.45, 2.75) is 47.1 Å². The van der Waals surface area contributed by atoms with Gasteiger partial charge in [-0.15, -0.1) is 0 Å². The molecule has 1 aromatic carbocycles. The van der Waals surface area contributed by atoms with Gasteiger partial charge in [-0.2, -0.15) is 4.98 Å². The standard InChI is InChI=1S/C24H30N6O3S/c1-5-25-22(32)17-7-6-8-29(11-17)24-28-21-20(34-24)23(33)30(13-26-21)12-18(31)27-19-15(3)9-14(2)10-16(19)4/h9-10,13,17H,5-8,11-12H2,1-4H3,(H,25,32)(H,27,31)/t17-/m1/s1. The summed E-state index contributed by atoms with van der Waals surface area (Å²) in [5, 5.41) is 6.50. The summed E-state index contributed by atoms with van der Waals surface area (Å²) in [6, 6.07) is 4.02. The zero-order chi connectivity index (χ0) is 24.4. The third kappa shape index (κ3) is 4.96. The molecule has 9 nitrogen and oxygen atoms in total. The van der Waals surface area contributed by atoms with Crippen LogP contribution in [0.4, 0.5) is 10.8 Å². The van der Waals surface area contributed by atoms with E-state index in [2.05, 4.69) is 25.5 Å². The number of thiazole rings is 1. The van der Waals surface area contributed by atoms with Crippen molar-refractivity contribution in [2.24, 2.45) is 5.92 Å². The van der Waals surface area contributed by atoms with Gasteiger partial charge in [-0.1, -0.05) is 29.0 Å². The number of nitrogens with one attached hydrogen (secondary N) is 2. The largest absolute Gasteiger partial charge is 0.356 e. The fraction of sp³-hybridized carbons (Fsp3) is 0.458. The molecule has 10 heteroatoms. The minimum absolute atomic E-state index is 0.0545. The highest BCUT2D eigenvalue weighted by Gasteiger charge is 2.27. The highest BCUT2D eigenvalue weighted by molar-refractivity contribution is 7.22. The van der Waals surface area contributed by atoms with E-state index in [-0.39, 0.29) is 29.8 Å². The Morgan fingerprint density at radius 2 is 1.94 bits per heavy atom.